The monoisotopic (exact) mass is 132 g/mol. The van der Waals surface area contributed by atoms with E-state index in [9.17, 15) is 0 Å². The van der Waals surface area contributed by atoms with Gasteiger partial charge in [0.1, 0.15) is 6.10 Å². The molecule has 3 heteroatoms. The molecule has 0 amide bonds. The molecule has 3 atom stereocenters. The fourth-order valence-corrected chi connectivity index (χ4v) is 0.957. The van der Waals surface area contributed by atoms with Gasteiger partial charge in [-0.1, -0.05) is 0 Å². The quantitative estimate of drug-likeness (QED) is 0.468. The minimum absolute atomic E-state index is 0.214. The molecule has 0 aromatic carbocycles. The van der Waals surface area contributed by atoms with E-state index >= 15 is 0 Å². The van der Waals surface area contributed by atoms with E-state index in [4.69, 9.17) is 14.9 Å². The molecule has 0 bridgehead atoms. The first-order valence-electron chi connectivity index (χ1n) is 3.19. The van der Waals surface area contributed by atoms with Crippen LogP contribution in [-0.2, 0) is 4.74 Å². The van der Waals surface area contributed by atoms with E-state index in [1.807, 2.05) is 0 Å². The van der Waals surface area contributed by atoms with E-state index in [1.165, 1.54) is 0 Å². The fraction of sp³-hybridized carbons (Fsp3) is 1.00. The smallest absolute Gasteiger partial charge is 0.106 e. The van der Waals surface area contributed by atoms with Gasteiger partial charge >= 0.3 is 0 Å². The van der Waals surface area contributed by atoms with Crippen molar-refractivity contribution in [1.82, 2.24) is 0 Å². The lowest BCUT2D eigenvalue weighted by atomic mass is 10.0. The van der Waals surface area contributed by atoms with E-state index in [-0.39, 0.29) is 6.10 Å². The zero-order valence-electron chi connectivity index (χ0n) is 5.45. The molecular formula is C6H12O3. The van der Waals surface area contributed by atoms with Crippen LogP contribution < -0.4 is 0 Å². The molecular weight excluding hydrogens is 120 g/mol. The highest BCUT2D eigenvalue weighted by Crippen LogP contribution is 2.13. The molecule has 1 saturated heterocycles. The number of aliphatic hydroxyl groups excluding tert-OH is 2. The average molecular weight is 132 g/mol. The highest BCUT2D eigenvalue weighted by molar-refractivity contribution is 4.77. The Morgan fingerprint density at radius 1 is 1.44 bits per heavy atom. The summed E-state index contributed by atoms with van der Waals surface area (Å²) in [5, 5.41) is 18.1. The van der Waals surface area contributed by atoms with Gasteiger partial charge in [0.25, 0.3) is 0 Å². The van der Waals surface area contributed by atoms with E-state index in [0.717, 1.165) is 0 Å². The predicted octanol–water partition coefficient (Wildman–Crippen LogP) is -0.483. The molecule has 1 heterocycles. The van der Waals surface area contributed by atoms with Gasteiger partial charge in [-0.2, -0.15) is 0 Å². The third-order valence-corrected chi connectivity index (χ3v) is 1.67. The zero-order chi connectivity index (χ0) is 6.85. The number of hydrogen-bond donors (Lipinski definition) is 2. The number of aliphatic hydroxyl groups is 2. The second-order valence-electron chi connectivity index (χ2n) is 2.42. The molecule has 1 fully saturated rings. The SMILES string of the molecule is CC1OCCC(O)C1O. The summed E-state index contributed by atoms with van der Waals surface area (Å²) < 4.78 is 5.05. The van der Waals surface area contributed by atoms with Crippen molar-refractivity contribution in [3.8, 4) is 0 Å². The van der Waals surface area contributed by atoms with Crippen LogP contribution >= 0.6 is 0 Å². The van der Waals surface area contributed by atoms with Gasteiger partial charge in [0.05, 0.1) is 12.2 Å². The van der Waals surface area contributed by atoms with Crippen LogP contribution in [0.1, 0.15) is 13.3 Å². The van der Waals surface area contributed by atoms with Crippen LogP contribution in [0.25, 0.3) is 0 Å². The second-order valence-corrected chi connectivity index (χ2v) is 2.42. The standard InChI is InChI=1S/C6H12O3/c1-4-6(8)5(7)2-3-9-4/h4-8H,2-3H2,1H3. The van der Waals surface area contributed by atoms with Gasteiger partial charge in [-0.25, -0.2) is 0 Å². The molecule has 0 spiro atoms. The van der Waals surface area contributed by atoms with Gasteiger partial charge in [-0.15, -0.1) is 0 Å². The third-order valence-electron chi connectivity index (χ3n) is 1.67. The molecule has 1 aliphatic heterocycles. The largest absolute Gasteiger partial charge is 0.390 e. The summed E-state index contributed by atoms with van der Waals surface area (Å²) in [6.45, 7) is 2.31. The van der Waals surface area contributed by atoms with Crippen molar-refractivity contribution in [3.63, 3.8) is 0 Å². The van der Waals surface area contributed by atoms with Crippen LogP contribution in [0.2, 0.25) is 0 Å². The lowest BCUT2D eigenvalue weighted by Crippen LogP contribution is -2.42. The van der Waals surface area contributed by atoms with Crippen LogP contribution in [0.5, 0.6) is 0 Å². The second kappa shape index (κ2) is 2.64. The van der Waals surface area contributed by atoms with Gasteiger partial charge in [0.15, 0.2) is 0 Å². The number of rotatable bonds is 0. The van der Waals surface area contributed by atoms with Gasteiger partial charge in [-0.3, -0.25) is 0 Å². The van der Waals surface area contributed by atoms with Gasteiger partial charge in [0.2, 0.25) is 0 Å². The Kier molecular flexibility index (Phi) is 2.05. The fourth-order valence-electron chi connectivity index (χ4n) is 0.957. The van der Waals surface area contributed by atoms with Crippen molar-refractivity contribution >= 4 is 0 Å². The summed E-state index contributed by atoms with van der Waals surface area (Å²) in [7, 11) is 0. The topological polar surface area (TPSA) is 49.7 Å². The van der Waals surface area contributed by atoms with E-state index in [1.54, 1.807) is 6.92 Å². The van der Waals surface area contributed by atoms with Crippen molar-refractivity contribution in [1.29, 1.82) is 0 Å². The summed E-state index contributed by atoms with van der Waals surface area (Å²) in [5.74, 6) is 0. The van der Waals surface area contributed by atoms with Crippen LogP contribution in [0.4, 0.5) is 0 Å². The molecule has 0 aromatic heterocycles. The molecule has 3 nitrogen and oxygen atoms in total. The number of hydrogen-bond acceptors (Lipinski definition) is 3. The molecule has 3 unspecified atom stereocenters. The van der Waals surface area contributed by atoms with Crippen molar-refractivity contribution < 1.29 is 14.9 Å². The average Bonchev–Trinajstić information content (AvgIpc) is 1.83. The molecule has 0 saturated carbocycles. The molecule has 9 heavy (non-hydrogen) atoms. The van der Waals surface area contributed by atoms with Crippen molar-refractivity contribution in [2.24, 2.45) is 0 Å². The van der Waals surface area contributed by atoms with Gasteiger partial charge < -0.3 is 14.9 Å². The molecule has 1 rings (SSSR count). The molecule has 1 aliphatic rings. The van der Waals surface area contributed by atoms with Crippen LogP contribution in [0, 0.1) is 0 Å². The lowest BCUT2D eigenvalue weighted by molar-refractivity contribution is -0.127. The summed E-state index contributed by atoms with van der Waals surface area (Å²) in [4.78, 5) is 0. The molecule has 2 N–H and O–H groups in total. The highest BCUT2D eigenvalue weighted by Gasteiger charge is 2.27. The maximum atomic E-state index is 9.07. The van der Waals surface area contributed by atoms with E-state index in [0.29, 0.717) is 13.0 Å². The molecule has 0 aromatic rings. The van der Waals surface area contributed by atoms with Crippen LogP contribution in [0.15, 0.2) is 0 Å². The summed E-state index contributed by atoms with van der Waals surface area (Å²) in [5.41, 5.74) is 0. The maximum Gasteiger partial charge on any atom is 0.106 e. The Morgan fingerprint density at radius 2 is 2.11 bits per heavy atom. The number of ether oxygens (including phenoxy) is 1. The van der Waals surface area contributed by atoms with E-state index in [2.05, 4.69) is 0 Å². The van der Waals surface area contributed by atoms with Gasteiger partial charge in [0, 0.05) is 6.61 Å². The summed E-state index contributed by atoms with van der Waals surface area (Å²) in [6, 6.07) is 0. The van der Waals surface area contributed by atoms with Crippen LogP contribution in [0.3, 0.4) is 0 Å². The highest BCUT2D eigenvalue weighted by atomic mass is 16.5. The Hall–Kier alpha value is -0.120. The van der Waals surface area contributed by atoms with E-state index < -0.39 is 12.2 Å². The molecule has 0 aliphatic carbocycles. The zero-order valence-corrected chi connectivity index (χ0v) is 5.45. The Labute approximate surface area is 54.3 Å². The first-order valence-corrected chi connectivity index (χ1v) is 3.19. The molecule has 0 radical (unpaired) electrons. The Morgan fingerprint density at radius 3 is 2.56 bits per heavy atom. The van der Waals surface area contributed by atoms with Crippen molar-refractivity contribution in [3.05, 3.63) is 0 Å². The maximum absolute atomic E-state index is 9.07. The van der Waals surface area contributed by atoms with Crippen LogP contribution in [-0.4, -0.2) is 35.1 Å². The Bertz CT molecular complexity index is 84.3. The Balaban J connectivity index is 2.41. The summed E-state index contributed by atoms with van der Waals surface area (Å²) >= 11 is 0. The first-order chi connectivity index (χ1) is 4.22. The predicted molar refractivity (Wildman–Crippen MR) is 32.0 cm³/mol. The van der Waals surface area contributed by atoms with Crippen molar-refractivity contribution in [2.45, 2.75) is 31.7 Å². The first kappa shape index (κ1) is 6.99. The third kappa shape index (κ3) is 1.41. The van der Waals surface area contributed by atoms with Crippen molar-refractivity contribution in [2.75, 3.05) is 6.61 Å². The van der Waals surface area contributed by atoms with Gasteiger partial charge in [-0.05, 0) is 13.3 Å². The summed E-state index contributed by atoms with van der Waals surface area (Å²) in [6.07, 6.45) is -0.952. The molecule has 54 valence electrons. The minimum atomic E-state index is -0.696. The minimum Gasteiger partial charge on any atom is -0.390 e. The lowest BCUT2D eigenvalue weighted by Gasteiger charge is -2.29. The normalized spacial score (nSPS) is 45.0.